The molecule has 3 aliphatic carbocycles. The average Bonchev–Trinajstić information content (AvgIpc) is 2.72. The smallest absolute Gasteiger partial charge is 0.164 e. The summed E-state index contributed by atoms with van der Waals surface area (Å²) in [5.74, 6) is 0.166. The molecule has 0 aromatic heterocycles. The van der Waals surface area contributed by atoms with Crippen molar-refractivity contribution in [3.8, 4) is 0 Å². The van der Waals surface area contributed by atoms with Gasteiger partial charge in [-0.3, -0.25) is 4.79 Å². The molecule has 0 amide bonds. The van der Waals surface area contributed by atoms with Gasteiger partial charge in [-0.05, 0) is 69.1 Å². The summed E-state index contributed by atoms with van der Waals surface area (Å²) in [5, 5.41) is 11.1. The molecular formula is C20H32O4. The van der Waals surface area contributed by atoms with Crippen LogP contribution in [0.25, 0.3) is 0 Å². The molecular weight excluding hydrogens is 304 g/mol. The lowest BCUT2D eigenvalue weighted by atomic mass is 9.44. The van der Waals surface area contributed by atoms with E-state index in [4.69, 9.17) is 9.47 Å². The lowest BCUT2D eigenvalue weighted by molar-refractivity contribution is -0.260. The zero-order chi connectivity index (χ0) is 17.4. The van der Waals surface area contributed by atoms with E-state index in [2.05, 4.69) is 13.8 Å². The van der Waals surface area contributed by atoms with Crippen molar-refractivity contribution in [2.45, 2.75) is 90.1 Å². The SMILES string of the molecule is CC1(C)OCC[C@]2(C)[C@H]3CC[C@]4(O)C(=O)CC[C@H]4[C@]3(C)CC[C@H]2O1. The number of aliphatic hydroxyl groups is 1. The van der Waals surface area contributed by atoms with Crippen molar-refractivity contribution in [3.63, 3.8) is 0 Å². The fourth-order valence-corrected chi connectivity index (χ4v) is 6.90. The molecule has 6 atom stereocenters. The Hall–Kier alpha value is -0.450. The Bertz CT molecular complexity index is 558. The normalized spacial score (nSPS) is 53.7. The maximum atomic E-state index is 12.4. The number of carbonyl (C=O) groups excluding carboxylic acids is 1. The molecule has 0 aromatic carbocycles. The molecule has 0 spiro atoms. The van der Waals surface area contributed by atoms with Crippen LogP contribution in [0.1, 0.15) is 72.6 Å². The molecule has 0 radical (unpaired) electrons. The van der Waals surface area contributed by atoms with Gasteiger partial charge in [0, 0.05) is 12.3 Å². The zero-order valence-electron chi connectivity index (χ0n) is 15.6. The number of hydrogen-bond donors (Lipinski definition) is 1. The second-order valence-corrected chi connectivity index (χ2v) is 9.69. The van der Waals surface area contributed by atoms with Crippen LogP contribution in [0.3, 0.4) is 0 Å². The predicted molar refractivity (Wildman–Crippen MR) is 90.4 cm³/mol. The third-order valence-corrected chi connectivity index (χ3v) is 8.12. The van der Waals surface area contributed by atoms with Gasteiger partial charge < -0.3 is 14.6 Å². The first-order chi connectivity index (χ1) is 11.1. The van der Waals surface area contributed by atoms with E-state index in [0.29, 0.717) is 18.8 Å². The van der Waals surface area contributed by atoms with Gasteiger partial charge in [0.1, 0.15) is 5.60 Å². The minimum Gasteiger partial charge on any atom is -0.382 e. The zero-order valence-corrected chi connectivity index (χ0v) is 15.6. The first-order valence-electron chi connectivity index (χ1n) is 9.69. The van der Waals surface area contributed by atoms with Crippen molar-refractivity contribution in [2.24, 2.45) is 22.7 Å². The Balaban J connectivity index is 1.71. The van der Waals surface area contributed by atoms with Crippen molar-refractivity contribution in [1.29, 1.82) is 0 Å². The van der Waals surface area contributed by atoms with E-state index >= 15 is 0 Å². The van der Waals surface area contributed by atoms with Crippen LogP contribution < -0.4 is 0 Å². The minimum absolute atomic E-state index is 0.0300. The Kier molecular flexibility index (Phi) is 3.57. The number of ketones is 1. The summed E-state index contributed by atoms with van der Waals surface area (Å²) in [6.45, 7) is 9.46. The molecule has 4 nitrogen and oxygen atoms in total. The molecule has 24 heavy (non-hydrogen) atoms. The average molecular weight is 336 g/mol. The molecule has 0 unspecified atom stereocenters. The monoisotopic (exact) mass is 336 g/mol. The highest BCUT2D eigenvalue weighted by atomic mass is 16.7. The number of carbonyl (C=O) groups is 1. The van der Waals surface area contributed by atoms with Crippen LogP contribution in [-0.2, 0) is 14.3 Å². The lowest BCUT2D eigenvalue weighted by Crippen LogP contribution is -2.62. The highest BCUT2D eigenvalue weighted by Gasteiger charge is 2.66. The standard InChI is InChI=1S/C20H32O4/c1-17(2)23-12-11-19(4)13-7-10-20(22)14(5-6-15(20)21)18(13,3)9-8-16(19)24-17/h13-14,16,22H,5-12H2,1-4H3/t13-,14-,16+,18+,19+,20+/m0/s1. The number of fused-ring (bicyclic) bond motifs is 5. The van der Waals surface area contributed by atoms with E-state index in [1.54, 1.807) is 0 Å². The summed E-state index contributed by atoms with van der Waals surface area (Å²) in [5.41, 5.74) is -0.966. The second-order valence-electron chi connectivity index (χ2n) is 9.69. The van der Waals surface area contributed by atoms with Crippen LogP contribution in [0, 0.1) is 22.7 Å². The topological polar surface area (TPSA) is 55.8 Å². The molecule has 0 bridgehead atoms. The van der Waals surface area contributed by atoms with Crippen molar-refractivity contribution in [1.82, 2.24) is 0 Å². The molecule has 4 fully saturated rings. The minimum atomic E-state index is -1.06. The molecule has 1 N–H and O–H groups in total. The van der Waals surface area contributed by atoms with Gasteiger partial charge in [0.2, 0.25) is 0 Å². The molecule has 1 saturated heterocycles. The Labute approximate surface area is 145 Å². The highest BCUT2D eigenvalue weighted by Crippen LogP contribution is 2.66. The van der Waals surface area contributed by atoms with Gasteiger partial charge >= 0.3 is 0 Å². The summed E-state index contributed by atoms with van der Waals surface area (Å²) < 4.78 is 12.4. The number of rotatable bonds is 0. The quantitative estimate of drug-likeness (QED) is 0.736. The Morgan fingerprint density at radius 1 is 0.958 bits per heavy atom. The van der Waals surface area contributed by atoms with Crippen LogP contribution in [0.15, 0.2) is 0 Å². The van der Waals surface area contributed by atoms with Gasteiger partial charge in [0.25, 0.3) is 0 Å². The second kappa shape index (κ2) is 5.05. The predicted octanol–water partition coefficient (Wildman–Crippen LogP) is 3.45. The van der Waals surface area contributed by atoms with Crippen LogP contribution in [-0.4, -0.2) is 35.0 Å². The molecule has 4 rings (SSSR count). The van der Waals surface area contributed by atoms with Gasteiger partial charge in [-0.2, -0.15) is 0 Å². The fourth-order valence-electron chi connectivity index (χ4n) is 6.90. The van der Waals surface area contributed by atoms with Crippen LogP contribution in [0.2, 0.25) is 0 Å². The van der Waals surface area contributed by atoms with Gasteiger partial charge in [0.15, 0.2) is 11.6 Å². The Morgan fingerprint density at radius 2 is 1.71 bits per heavy atom. The molecule has 4 aliphatic rings. The third-order valence-electron chi connectivity index (χ3n) is 8.12. The summed E-state index contributed by atoms with van der Waals surface area (Å²) in [7, 11) is 0. The molecule has 0 aromatic rings. The number of Topliss-reactive ketones (excluding diaryl/α,β-unsaturated/α-hetero) is 1. The largest absolute Gasteiger partial charge is 0.382 e. The van der Waals surface area contributed by atoms with Gasteiger partial charge in [-0.15, -0.1) is 0 Å². The van der Waals surface area contributed by atoms with E-state index in [9.17, 15) is 9.90 Å². The van der Waals surface area contributed by atoms with E-state index in [0.717, 1.165) is 38.7 Å². The summed E-state index contributed by atoms with van der Waals surface area (Å²) >= 11 is 0. The van der Waals surface area contributed by atoms with E-state index in [1.807, 2.05) is 13.8 Å². The van der Waals surface area contributed by atoms with E-state index in [-0.39, 0.29) is 28.6 Å². The van der Waals surface area contributed by atoms with Crippen LogP contribution in [0.5, 0.6) is 0 Å². The highest BCUT2D eigenvalue weighted by molar-refractivity contribution is 5.90. The summed E-state index contributed by atoms with van der Waals surface area (Å²) in [4.78, 5) is 12.4. The molecule has 136 valence electrons. The van der Waals surface area contributed by atoms with Crippen LogP contribution >= 0.6 is 0 Å². The molecule has 1 heterocycles. The van der Waals surface area contributed by atoms with Gasteiger partial charge in [-0.1, -0.05) is 13.8 Å². The molecule has 1 aliphatic heterocycles. The van der Waals surface area contributed by atoms with Crippen LogP contribution in [0.4, 0.5) is 0 Å². The van der Waals surface area contributed by atoms with E-state index in [1.165, 1.54) is 0 Å². The summed E-state index contributed by atoms with van der Waals surface area (Å²) in [6.07, 6.45) is 6.19. The third kappa shape index (κ3) is 2.12. The molecule has 4 heteroatoms. The van der Waals surface area contributed by atoms with Gasteiger partial charge in [0.05, 0.1) is 12.7 Å². The lowest BCUT2D eigenvalue weighted by Gasteiger charge is -2.62. The van der Waals surface area contributed by atoms with Crippen molar-refractivity contribution in [3.05, 3.63) is 0 Å². The van der Waals surface area contributed by atoms with Gasteiger partial charge in [-0.25, -0.2) is 0 Å². The Morgan fingerprint density at radius 3 is 2.46 bits per heavy atom. The first kappa shape index (κ1) is 17.0. The number of hydrogen-bond acceptors (Lipinski definition) is 4. The first-order valence-corrected chi connectivity index (χ1v) is 9.69. The van der Waals surface area contributed by atoms with Crippen molar-refractivity contribution >= 4 is 5.78 Å². The maximum Gasteiger partial charge on any atom is 0.164 e. The maximum absolute atomic E-state index is 12.4. The fraction of sp³-hybridized carbons (Fsp3) is 0.950. The molecule has 3 saturated carbocycles. The number of ether oxygens (including phenoxy) is 2. The summed E-state index contributed by atoms with van der Waals surface area (Å²) in [6, 6.07) is 0. The van der Waals surface area contributed by atoms with Crippen molar-refractivity contribution < 1.29 is 19.4 Å². The van der Waals surface area contributed by atoms with Crippen molar-refractivity contribution in [2.75, 3.05) is 6.61 Å². The van der Waals surface area contributed by atoms with E-state index < -0.39 is 11.4 Å².